The van der Waals surface area contributed by atoms with E-state index in [0.717, 1.165) is 0 Å². The van der Waals surface area contributed by atoms with Crippen molar-refractivity contribution in [3.63, 3.8) is 0 Å². The summed E-state index contributed by atoms with van der Waals surface area (Å²) < 4.78 is 38.6. The number of hydrogen-bond donors (Lipinski definition) is 2. The first-order valence-corrected chi connectivity index (χ1v) is 8.80. The predicted molar refractivity (Wildman–Crippen MR) is 104 cm³/mol. The number of aromatic nitrogens is 3. The molecule has 0 aliphatic carbocycles. The minimum atomic E-state index is -4.68. The average molecular weight is 442 g/mol. The van der Waals surface area contributed by atoms with Crippen molar-refractivity contribution in [2.75, 3.05) is 10.6 Å². The Balaban J connectivity index is 1.82. The number of halogens is 5. The second kappa shape index (κ2) is 8.22. The molecule has 0 aliphatic rings. The Labute approximate surface area is 173 Å². The van der Waals surface area contributed by atoms with Crippen LogP contribution in [0.4, 0.5) is 30.5 Å². The van der Waals surface area contributed by atoms with E-state index in [1.807, 2.05) is 0 Å². The van der Waals surface area contributed by atoms with E-state index < -0.39 is 17.9 Å². The summed E-state index contributed by atoms with van der Waals surface area (Å²) in [6.07, 6.45) is -3.31. The van der Waals surface area contributed by atoms with Crippen LogP contribution in [0.5, 0.6) is 0 Å². The third kappa shape index (κ3) is 5.12. The highest BCUT2D eigenvalue weighted by molar-refractivity contribution is 6.40. The van der Waals surface area contributed by atoms with Gasteiger partial charge in [0.1, 0.15) is 11.6 Å². The molecule has 0 spiro atoms. The van der Waals surface area contributed by atoms with Gasteiger partial charge in [-0.25, -0.2) is 15.0 Å². The summed E-state index contributed by atoms with van der Waals surface area (Å²) in [4.78, 5) is 23.3. The maximum atomic E-state index is 12.9. The van der Waals surface area contributed by atoms with E-state index in [4.69, 9.17) is 23.2 Å². The molecule has 2 heterocycles. The van der Waals surface area contributed by atoms with Crippen LogP contribution < -0.4 is 10.6 Å². The second-order valence-corrected chi connectivity index (χ2v) is 6.64. The van der Waals surface area contributed by atoms with Gasteiger partial charge in [0.05, 0.1) is 15.6 Å². The number of benzene rings is 1. The Morgan fingerprint density at radius 2 is 1.72 bits per heavy atom. The smallest absolute Gasteiger partial charge is 0.325 e. The molecule has 150 valence electrons. The molecule has 0 unspecified atom stereocenters. The normalized spacial score (nSPS) is 11.2. The van der Waals surface area contributed by atoms with Gasteiger partial charge in [-0.1, -0.05) is 29.3 Å². The minimum Gasteiger partial charge on any atom is -0.325 e. The summed E-state index contributed by atoms with van der Waals surface area (Å²) in [5.41, 5.74) is 0.557. The molecule has 6 nitrogen and oxygen atoms in total. The molecule has 29 heavy (non-hydrogen) atoms. The summed E-state index contributed by atoms with van der Waals surface area (Å²) in [5, 5.41) is 5.64. The van der Waals surface area contributed by atoms with Crippen molar-refractivity contribution in [2.45, 2.75) is 13.1 Å². The van der Waals surface area contributed by atoms with E-state index in [2.05, 4.69) is 25.6 Å². The standard InChI is InChI=1S/C18H12Cl2F3N5O/c1-9-7-14(28-17(25-9)18(21,22)23)27-13-8-10(5-6-24-13)26-16(29)15-11(19)3-2-4-12(15)20/h2-8H,1H3,(H2,24,25,26,27,28,29). The van der Waals surface area contributed by atoms with Gasteiger partial charge in [-0.2, -0.15) is 13.2 Å². The Bertz CT molecular complexity index is 1060. The fourth-order valence-electron chi connectivity index (χ4n) is 2.38. The number of anilines is 3. The number of carbonyl (C=O) groups is 1. The number of hydrogen-bond acceptors (Lipinski definition) is 5. The first-order valence-electron chi connectivity index (χ1n) is 8.05. The van der Waals surface area contributed by atoms with Crippen molar-refractivity contribution in [3.05, 3.63) is 69.7 Å². The molecule has 0 fully saturated rings. The molecule has 2 N–H and O–H groups in total. The van der Waals surface area contributed by atoms with Crippen molar-refractivity contribution in [1.29, 1.82) is 0 Å². The summed E-state index contributed by atoms with van der Waals surface area (Å²) in [6.45, 7) is 1.42. The van der Waals surface area contributed by atoms with Gasteiger partial charge in [-0.3, -0.25) is 4.79 Å². The van der Waals surface area contributed by atoms with Crippen LogP contribution in [0.2, 0.25) is 10.0 Å². The van der Waals surface area contributed by atoms with Crippen LogP contribution in [-0.2, 0) is 6.18 Å². The molecule has 0 radical (unpaired) electrons. The van der Waals surface area contributed by atoms with Crippen LogP contribution in [0.1, 0.15) is 21.9 Å². The fraction of sp³-hybridized carbons (Fsp3) is 0.111. The molecule has 1 aromatic carbocycles. The number of aryl methyl sites for hydroxylation is 1. The summed E-state index contributed by atoms with van der Waals surface area (Å²) in [5.74, 6) is -1.73. The first kappa shape index (κ1) is 20.8. The molecule has 2 aromatic heterocycles. The number of rotatable bonds is 4. The Hall–Kier alpha value is -2.91. The van der Waals surface area contributed by atoms with Gasteiger partial charge in [-0.05, 0) is 25.1 Å². The molecule has 1 amide bonds. The third-order valence-electron chi connectivity index (χ3n) is 3.57. The molecular weight excluding hydrogens is 430 g/mol. The highest BCUT2D eigenvalue weighted by atomic mass is 35.5. The predicted octanol–water partition coefficient (Wildman–Crippen LogP) is 5.50. The summed E-state index contributed by atoms with van der Waals surface area (Å²) >= 11 is 12.0. The number of nitrogens with zero attached hydrogens (tertiary/aromatic N) is 3. The third-order valence-corrected chi connectivity index (χ3v) is 4.20. The quantitative estimate of drug-likeness (QED) is 0.558. The topological polar surface area (TPSA) is 79.8 Å². The lowest BCUT2D eigenvalue weighted by Crippen LogP contribution is -2.14. The van der Waals surface area contributed by atoms with Crippen LogP contribution in [0.25, 0.3) is 0 Å². The van der Waals surface area contributed by atoms with Gasteiger partial charge in [0.15, 0.2) is 0 Å². The van der Waals surface area contributed by atoms with Crippen molar-refractivity contribution < 1.29 is 18.0 Å². The maximum absolute atomic E-state index is 12.9. The Kier molecular flexibility index (Phi) is 5.90. The molecule has 3 aromatic rings. The maximum Gasteiger partial charge on any atom is 0.451 e. The van der Waals surface area contributed by atoms with Crippen LogP contribution in [-0.4, -0.2) is 20.9 Å². The van der Waals surface area contributed by atoms with E-state index in [1.54, 1.807) is 6.07 Å². The zero-order chi connectivity index (χ0) is 21.2. The van der Waals surface area contributed by atoms with Crippen molar-refractivity contribution in [2.24, 2.45) is 0 Å². The van der Waals surface area contributed by atoms with Gasteiger partial charge < -0.3 is 10.6 Å². The molecule has 11 heteroatoms. The number of nitrogens with one attached hydrogen (secondary N) is 2. The van der Waals surface area contributed by atoms with E-state index >= 15 is 0 Å². The molecule has 0 aliphatic heterocycles. The van der Waals surface area contributed by atoms with Gasteiger partial charge in [0, 0.05) is 29.7 Å². The lowest BCUT2D eigenvalue weighted by Gasteiger charge is -2.11. The Morgan fingerprint density at radius 3 is 2.38 bits per heavy atom. The van der Waals surface area contributed by atoms with Crippen molar-refractivity contribution in [3.8, 4) is 0 Å². The van der Waals surface area contributed by atoms with Crippen LogP contribution in [0.15, 0.2) is 42.6 Å². The van der Waals surface area contributed by atoms with E-state index in [9.17, 15) is 18.0 Å². The summed E-state index contributed by atoms with van der Waals surface area (Å²) in [7, 11) is 0. The molecule has 0 bridgehead atoms. The molecular formula is C18H12Cl2F3N5O. The molecule has 0 atom stereocenters. The largest absolute Gasteiger partial charge is 0.451 e. The minimum absolute atomic E-state index is 0.0880. The molecule has 0 saturated heterocycles. The van der Waals surface area contributed by atoms with E-state index in [-0.39, 0.29) is 32.9 Å². The fourth-order valence-corrected chi connectivity index (χ4v) is 2.94. The second-order valence-electron chi connectivity index (χ2n) is 5.82. The number of alkyl halides is 3. The highest BCUT2D eigenvalue weighted by Gasteiger charge is 2.35. The van der Waals surface area contributed by atoms with Gasteiger partial charge in [0.25, 0.3) is 5.91 Å². The SMILES string of the molecule is Cc1cc(Nc2cc(NC(=O)c3c(Cl)cccc3Cl)ccn2)nc(C(F)(F)F)n1. The van der Waals surface area contributed by atoms with Crippen LogP contribution >= 0.6 is 23.2 Å². The van der Waals surface area contributed by atoms with Gasteiger partial charge >= 0.3 is 6.18 Å². The van der Waals surface area contributed by atoms with Crippen molar-refractivity contribution >= 4 is 46.4 Å². The zero-order valence-electron chi connectivity index (χ0n) is 14.7. The lowest BCUT2D eigenvalue weighted by molar-refractivity contribution is -0.145. The molecule has 0 saturated carbocycles. The first-order chi connectivity index (χ1) is 13.6. The number of pyridine rings is 1. The van der Waals surface area contributed by atoms with Crippen LogP contribution in [0.3, 0.4) is 0 Å². The van der Waals surface area contributed by atoms with Crippen molar-refractivity contribution in [1.82, 2.24) is 15.0 Å². The summed E-state index contributed by atoms with van der Waals surface area (Å²) in [6, 6.07) is 8.92. The Morgan fingerprint density at radius 1 is 1.03 bits per heavy atom. The number of carbonyl (C=O) groups excluding carboxylic acids is 1. The number of amides is 1. The molecule has 3 rings (SSSR count). The zero-order valence-corrected chi connectivity index (χ0v) is 16.2. The average Bonchev–Trinajstić information content (AvgIpc) is 2.60. The van der Waals surface area contributed by atoms with Crippen LogP contribution in [0, 0.1) is 6.92 Å². The monoisotopic (exact) mass is 441 g/mol. The van der Waals surface area contributed by atoms with Gasteiger partial charge in [0.2, 0.25) is 5.82 Å². The van der Waals surface area contributed by atoms with Gasteiger partial charge in [-0.15, -0.1) is 0 Å². The van der Waals surface area contributed by atoms with E-state index in [0.29, 0.717) is 5.69 Å². The highest BCUT2D eigenvalue weighted by Crippen LogP contribution is 2.28. The lowest BCUT2D eigenvalue weighted by atomic mass is 10.2. The van der Waals surface area contributed by atoms with E-state index in [1.165, 1.54) is 43.5 Å².